The summed E-state index contributed by atoms with van der Waals surface area (Å²) in [7, 11) is 0. The van der Waals surface area contributed by atoms with E-state index in [1.165, 1.54) is 11.3 Å². The van der Waals surface area contributed by atoms with Crippen LogP contribution < -0.4 is 10.2 Å². The largest absolute Gasteiger partial charge is 0.369 e. The second-order valence-electron chi connectivity index (χ2n) is 6.88. The van der Waals surface area contributed by atoms with Crippen LogP contribution in [0.5, 0.6) is 0 Å². The van der Waals surface area contributed by atoms with Crippen LogP contribution in [0.1, 0.15) is 39.0 Å². The topological polar surface area (TPSA) is 31.4 Å². The summed E-state index contributed by atoms with van der Waals surface area (Å²) in [5, 5.41) is 3.42. The number of piperazine rings is 1. The maximum Gasteiger partial charge on any atom is 0.0446 e. The molecule has 118 valence electrons. The number of hydrogen-bond donors (Lipinski definition) is 1. The fourth-order valence-electron chi connectivity index (χ4n) is 2.88. The van der Waals surface area contributed by atoms with Crippen LogP contribution in [0.15, 0.2) is 12.3 Å². The Balaban J connectivity index is 2.10. The number of aromatic nitrogens is 1. The van der Waals surface area contributed by atoms with Gasteiger partial charge in [0.25, 0.3) is 0 Å². The third-order valence-corrected chi connectivity index (χ3v) is 4.23. The summed E-state index contributed by atoms with van der Waals surface area (Å²) in [4.78, 5) is 9.55. The van der Waals surface area contributed by atoms with E-state index in [9.17, 15) is 0 Å². The van der Waals surface area contributed by atoms with Gasteiger partial charge in [-0.1, -0.05) is 6.92 Å². The SMILES string of the molecule is CCNCc1cnc(C)cc1N1CCN(C(C)(C)C)CC1. The van der Waals surface area contributed by atoms with E-state index in [1.807, 2.05) is 6.20 Å². The van der Waals surface area contributed by atoms with Gasteiger partial charge in [0.1, 0.15) is 0 Å². The molecule has 0 bridgehead atoms. The quantitative estimate of drug-likeness (QED) is 0.923. The van der Waals surface area contributed by atoms with Crippen molar-refractivity contribution >= 4 is 5.69 Å². The van der Waals surface area contributed by atoms with Crippen molar-refractivity contribution in [3.05, 3.63) is 23.5 Å². The van der Waals surface area contributed by atoms with E-state index < -0.39 is 0 Å². The van der Waals surface area contributed by atoms with E-state index in [0.29, 0.717) is 0 Å². The lowest BCUT2D eigenvalue weighted by molar-refractivity contribution is 0.128. The lowest BCUT2D eigenvalue weighted by atomic mass is 10.0. The minimum atomic E-state index is 0.271. The summed E-state index contributed by atoms with van der Waals surface area (Å²) < 4.78 is 0. The molecule has 1 aliphatic heterocycles. The highest BCUT2D eigenvalue weighted by Crippen LogP contribution is 2.24. The summed E-state index contributed by atoms with van der Waals surface area (Å²) >= 11 is 0. The Morgan fingerprint density at radius 1 is 1.19 bits per heavy atom. The molecular formula is C17H30N4. The number of rotatable bonds is 4. The Morgan fingerprint density at radius 2 is 1.86 bits per heavy atom. The molecule has 0 saturated carbocycles. The molecular weight excluding hydrogens is 260 g/mol. The lowest BCUT2D eigenvalue weighted by Crippen LogP contribution is -2.53. The molecule has 2 heterocycles. The van der Waals surface area contributed by atoms with Crippen LogP contribution in [0.4, 0.5) is 5.69 Å². The first-order valence-corrected chi connectivity index (χ1v) is 8.08. The highest BCUT2D eigenvalue weighted by molar-refractivity contribution is 5.54. The summed E-state index contributed by atoms with van der Waals surface area (Å²) in [6.07, 6.45) is 2.03. The third kappa shape index (κ3) is 4.17. The summed E-state index contributed by atoms with van der Waals surface area (Å²) in [5.74, 6) is 0. The Hall–Kier alpha value is -1.13. The molecule has 1 aromatic rings. The average Bonchev–Trinajstić information content (AvgIpc) is 2.45. The molecule has 1 N–H and O–H groups in total. The fraction of sp³-hybridized carbons (Fsp3) is 0.706. The van der Waals surface area contributed by atoms with Crippen LogP contribution in [0.2, 0.25) is 0 Å². The van der Waals surface area contributed by atoms with Gasteiger partial charge in [0.05, 0.1) is 0 Å². The fourth-order valence-corrected chi connectivity index (χ4v) is 2.88. The number of hydrogen-bond acceptors (Lipinski definition) is 4. The maximum absolute atomic E-state index is 4.46. The van der Waals surface area contributed by atoms with E-state index in [2.05, 4.69) is 60.8 Å². The summed E-state index contributed by atoms with van der Waals surface area (Å²) in [5.41, 5.74) is 4.04. The van der Waals surface area contributed by atoms with Crippen molar-refractivity contribution in [1.29, 1.82) is 0 Å². The number of anilines is 1. The smallest absolute Gasteiger partial charge is 0.0446 e. The zero-order valence-corrected chi connectivity index (χ0v) is 14.2. The van der Waals surface area contributed by atoms with Gasteiger partial charge in [0.2, 0.25) is 0 Å². The van der Waals surface area contributed by atoms with Crippen molar-refractivity contribution in [2.24, 2.45) is 0 Å². The van der Waals surface area contributed by atoms with E-state index in [4.69, 9.17) is 0 Å². The van der Waals surface area contributed by atoms with Gasteiger partial charge in [0.15, 0.2) is 0 Å². The Bertz CT molecular complexity index is 456. The van der Waals surface area contributed by atoms with E-state index in [1.54, 1.807) is 0 Å². The molecule has 0 unspecified atom stereocenters. The molecule has 1 saturated heterocycles. The van der Waals surface area contributed by atoms with Gasteiger partial charge in [-0.3, -0.25) is 9.88 Å². The molecule has 0 radical (unpaired) electrons. The molecule has 21 heavy (non-hydrogen) atoms. The van der Waals surface area contributed by atoms with E-state index >= 15 is 0 Å². The standard InChI is InChI=1S/C17H30N4/c1-6-18-12-15-13-19-14(2)11-16(15)20-7-9-21(10-8-20)17(3,4)5/h11,13,18H,6-10,12H2,1-5H3. The molecule has 4 nitrogen and oxygen atoms in total. The molecule has 1 aromatic heterocycles. The van der Waals surface area contributed by atoms with Gasteiger partial charge >= 0.3 is 0 Å². The first kappa shape index (κ1) is 16.2. The zero-order chi connectivity index (χ0) is 15.5. The molecule has 1 aliphatic rings. The lowest BCUT2D eigenvalue weighted by Gasteiger charge is -2.43. The summed E-state index contributed by atoms with van der Waals surface area (Å²) in [6, 6.07) is 2.24. The predicted octanol–water partition coefficient (Wildman–Crippen LogP) is 2.42. The molecule has 1 fully saturated rings. The number of nitrogens with one attached hydrogen (secondary N) is 1. The molecule has 4 heteroatoms. The van der Waals surface area contributed by atoms with Crippen molar-refractivity contribution in [2.45, 2.75) is 46.7 Å². The van der Waals surface area contributed by atoms with Crippen LogP contribution in [-0.4, -0.2) is 48.1 Å². The van der Waals surface area contributed by atoms with Gasteiger partial charge in [-0.25, -0.2) is 0 Å². The van der Waals surface area contributed by atoms with Crippen molar-refractivity contribution in [1.82, 2.24) is 15.2 Å². The minimum absolute atomic E-state index is 0.271. The van der Waals surface area contributed by atoms with Crippen LogP contribution in [0.25, 0.3) is 0 Å². The van der Waals surface area contributed by atoms with Gasteiger partial charge in [0, 0.05) is 61.4 Å². The number of nitrogens with zero attached hydrogens (tertiary/aromatic N) is 3. The number of aryl methyl sites for hydroxylation is 1. The monoisotopic (exact) mass is 290 g/mol. The van der Waals surface area contributed by atoms with Crippen molar-refractivity contribution in [3.63, 3.8) is 0 Å². The molecule has 0 amide bonds. The van der Waals surface area contributed by atoms with Crippen LogP contribution in [0, 0.1) is 6.92 Å². The number of pyridine rings is 1. The Labute approximate surface area is 129 Å². The van der Waals surface area contributed by atoms with Crippen LogP contribution >= 0.6 is 0 Å². The molecule has 0 spiro atoms. The Kier molecular flexibility index (Phi) is 5.22. The second-order valence-corrected chi connectivity index (χ2v) is 6.88. The molecule has 2 rings (SSSR count). The van der Waals surface area contributed by atoms with Crippen molar-refractivity contribution < 1.29 is 0 Å². The highest BCUT2D eigenvalue weighted by Gasteiger charge is 2.26. The molecule has 0 atom stereocenters. The van der Waals surface area contributed by atoms with Crippen molar-refractivity contribution in [2.75, 3.05) is 37.6 Å². The summed E-state index contributed by atoms with van der Waals surface area (Å²) in [6.45, 7) is 17.5. The average molecular weight is 290 g/mol. The van der Waals surface area contributed by atoms with Gasteiger partial charge < -0.3 is 10.2 Å². The second kappa shape index (κ2) is 6.75. The zero-order valence-electron chi connectivity index (χ0n) is 14.2. The normalized spacial score (nSPS) is 17.3. The predicted molar refractivity (Wildman–Crippen MR) is 89.9 cm³/mol. The van der Waals surface area contributed by atoms with Gasteiger partial charge in [-0.05, 0) is 40.3 Å². The third-order valence-electron chi connectivity index (χ3n) is 4.23. The van der Waals surface area contributed by atoms with Gasteiger partial charge in [-0.2, -0.15) is 0 Å². The first-order chi connectivity index (χ1) is 9.91. The van der Waals surface area contributed by atoms with Gasteiger partial charge in [-0.15, -0.1) is 0 Å². The van der Waals surface area contributed by atoms with E-state index in [-0.39, 0.29) is 5.54 Å². The molecule has 0 aromatic carbocycles. The molecule has 0 aliphatic carbocycles. The van der Waals surface area contributed by atoms with E-state index in [0.717, 1.165) is 45.0 Å². The first-order valence-electron chi connectivity index (χ1n) is 8.08. The maximum atomic E-state index is 4.46. The van der Waals surface area contributed by atoms with Crippen LogP contribution in [-0.2, 0) is 6.54 Å². The highest BCUT2D eigenvalue weighted by atomic mass is 15.3. The Morgan fingerprint density at radius 3 is 2.43 bits per heavy atom. The van der Waals surface area contributed by atoms with Crippen LogP contribution in [0.3, 0.4) is 0 Å². The van der Waals surface area contributed by atoms with Crippen molar-refractivity contribution in [3.8, 4) is 0 Å². The minimum Gasteiger partial charge on any atom is -0.369 e.